The van der Waals surface area contributed by atoms with Crippen LogP contribution in [0, 0.1) is 5.92 Å². The zero-order chi connectivity index (χ0) is 11.8. The molecular weight excluding hydrogens is 198 g/mol. The fraction of sp³-hybridized carbons (Fsp3) is 1.00. The van der Waals surface area contributed by atoms with E-state index in [4.69, 9.17) is 0 Å². The minimum atomic E-state index is 0.845. The summed E-state index contributed by atoms with van der Waals surface area (Å²) in [6.07, 6.45) is 2.67. The van der Waals surface area contributed by atoms with Gasteiger partial charge in [-0.1, -0.05) is 20.3 Å². The summed E-state index contributed by atoms with van der Waals surface area (Å²) in [4.78, 5) is 5.06. The molecule has 1 atom stereocenters. The van der Waals surface area contributed by atoms with Crippen molar-refractivity contribution in [3.8, 4) is 0 Å². The fourth-order valence-electron chi connectivity index (χ4n) is 2.45. The lowest BCUT2D eigenvalue weighted by Crippen LogP contribution is -2.46. The molecule has 16 heavy (non-hydrogen) atoms. The molecule has 0 spiro atoms. The molecule has 0 aromatic carbocycles. The Bertz CT molecular complexity index is 167. The van der Waals surface area contributed by atoms with Gasteiger partial charge in [0.2, 0.25) is 0 Å². The van der Waals surface area contributed by atoms with Crippen molar-refractivity contribution in [1.29, 1.82) is 0 Å². The lowest BCUT2D eigenvalue weighted by atomic mass is 10.1. The Morgan fingerprint density at radius 1 is 1.31 bits per heavy atom. The van der Waals surface area contributed by atoms with Gasteiger partial charge in [-0.25, -0.2) is 0 Å². The normalized spacial score (nSPS) is 20.2. The largest absolute Gasteiger partial charge is 0.314 e. The van der Waals surface area contributed by atoms with E-state index in [-0.39, 0.29) is 0 Å². The third-order valence-corrected chi connectivity index (χ3v) is 3.41. The van der Waals surface area contributed by atoms with Crippen molar-refractivity contribution in [2.24, 2.45) is 5.92 Å². The van der Waals surface area contributed by atoms with Crippen LogP contribution in [0.4, 0.5) is 0 Å². The van der Waals surface area contributed by atoms with Gasteiger partial charge in [0.05, 0.1) is 0 Å². The van der Waals surface area contributed by atoms with Gasteiger partial charge in [-0.15, -0.1) is 0 Å². The predicted molar refractivity (Wildman–Crippen MR) is 70.9 cm³/mol. The van der Waals surface area contributed by atoms with Crippen molar-refractivity contribution in [3.63, 3.8) is 0 Å². The van der Waals surface area contributed by atoms with Crippen LogP contribution in [0.5, 0.6) is 0 Å². The molecule has 1 unspecified atom stereocenters. The third kappa shape index (κ3) is 5.83. The van der Waals surface area contributed by atoms with Crippen LogP contribution in [0.15, 0.2) is 0 Å². The smallest absolute Gasteiger partial charge is 0.0110 e. The first-order valence-corrected chi connectivity index (χ1v) is 6.84. The SMILES string of the molecule is CCCC(C)CN(C)CCN1CCNCC1. The number of piperazine rings is 1. The maximum Gasteiger partial charge on any atom is 0.0110 e. The Labute approximate surface area is 101 Å². The van der Waals surface area contributed by atoms with E-state index in [0.717, 1.165) is 19.0 Å². The standard InChI is InChI=1S/C13H29N3/c1-4-5-13(2)12-15(3)10-11-16-8-6-14-7-9-16/h13-14H,4-12H2,1-3H3. The monoisotopic (exact) mass is 227 g/mol. The summed E-state index contributed by atoms with van der Waals surface area (Å²) in [6, 6.07) is 0. The first-order chi connectivity index (χ1) is 7.72. The van der Waals surface area contributed by atoms with Crippen LogP contribution in [-0.4, -0.2) is 62.7 Å². The summed E-state index contributed by atoms with van der Waals surface area (Å²) in [5.41, 5.74) is 0. The fourth-order valence-corrected chi connectivity index (χ4v) is 2.45. The predicted octanol–water partition coefficient (Wildman–Crippen LogP) is 1.26. The molecule has 0 aliphatic carbocycles. The number of nitrogens with zero attached hydrogens (tertiary/aromatic N) is 2. The highest BCUT2D eigenvalue weighted by atomic mass is 15.2. The second-order valence-electron chi connectivity index (χ2n) is 5.25. The number of rotatable bonds is 7. The van der Waals surface area contributed by atoms with E-state index in [0.29, 0.717) is 0 Å². The average Bonchev–Trinajstić information content (AvgIpc) is 2.28. The molecule has 1 fully saturated rings. The lowest BCUT2D eigenvalue weighted by molar-refractivity contribution is 0.193. The van der Waals surface area contributed by atoms with Gasteiger partial charge in [0, 0.05) is 45.8 Å². The first-order valence-electron chi connectivity index (χ1n) is 6.84. The van der Waals surface area contributed by atoms with Gasteiger partial charge in [-0.05, 0) is 19.4 Å². The molecule has 3 heteroatoms. The minimum Gasteiger partial charge on any atom is -0.314 e. The molecule has 1 N–H and O–H groups in total. The molecule has 0 bridgehead atoms. The van der Waals surface area contributed by atoms with E-state index >= 15 is 0 Å². The summed E-state index contributed by atoms with van der Waals surface area (Å²) in [5, 5.41) is 3.40. The van der Waals surface area contributed by atoms with E-state index in [2.05, 4.69) is 36.0 Å². The number of hydrogen-bond donors (Lipinski definition) is 1. The Hall–Kier alpha value is -0.120. The van der Waals surface area contributed by atoms with E-state index in [1.54, 1.807) is 0 Å². The van der Waals surface area contributed by atoms with Crippen LogP contribution >= 0.6 is 0 Å². The Kier molecular flexibility index (Phi) is 7.01. The molecule has 3 nitrogen and oxygen atoms in total. The topological polar surface area (TPSA) is 18.5 Å². The van der Waals surface area contributed by atoms with Crippen molar-refractivity contribution in [1.82, 2.24) is 15.1 Å². The van der Waals surface area contributed by atoms with Crippen molar-refractivity contribution in [3.05, 3.63) is 0 Å². The highest BCUT2D eigenvalue weighted by Gasteiger charge is 2.11. The minimum absolute atomic E-state index is 0.845. The average molecular weight is 227 g/mol. The maximum absolute atomic E-state index is 3.40. The van der Waals surface area contributed by atoms with Crippen LogP contribution < -0.4 is 5.32 Å². The van der Waals surface area contributed by atoms with Crippen LogP contribution in [0.3, 0.4) is 0 Å². The quantitative estimate of drug-likeness (QED) is 0.706. The van der Waals surface area contributed by atoms with E-state index in [1.165, 1.54) is 45.6 Å². The van der Waals surface area contributed by atoms with Gasteiger partial charge >= 0.3 is 0 Å². The van der Waals surface area contributed by atoms with E-state index < -0.39 is 0 Å². The van der Waals surface area contributed by atoms with Crippen molar-refractivity contribution < 1.29 is 0 Å². The maximum atomic E-state index is 3.40. The van der Waals surface area contributed by atoms with Crippen LogP contribution in [0.1, 0.15) is 26.7 Å². The van der Waals surface area contributed by atoms with Crippen molar-refractivity contribution >= 4 is 0 Å². The van der Waals surface area contributed by atoms with Crippen LogP contribution in [0.25, 0.3) is 0 Å². The zero-order valence-electron chi connectivity index (χ0n) is 11.3. The first kappa shape index (κ1) is 13.9. The molecule has 1 saturated heterocycles. The van der Waals surface area contributed by atoms with Crippen LogP contribution in [-0.2, 0) is 0 Å². The molecule has 96 valence electrons. The Balaban J connectivity index is 2.06. The van der Waals surface area contributed by atoms with E-state index in [9.17, 15) is 0 Å². The summed E-state index contributed by atoms with van der Waals surface area (Å²) >= 11 is 0. The van der Waals surface area contributed by atoms with Gasteiger partial charge in [0.25, 0.3) is 0 Å². The number of hydrogen-bond acceptors (Lipinski definition) is 3. The molecule has 1 aliphatic rings. The molecule has 1 aliphatic heterocycles. The molecule has 0 aromatic heterocycles. The zero-order valence-corrected chi connectivity index (χ0v) is 11.3. The molecule has 1 rings (SSSR count). The van der Waals surface area contributed by atoms with Crippen molar-refractivity contribution in [2.45, 2.75) is 26.7 Å². The van der Waals surface area contributed by atoms with Gasteiger partial charge in [-0.3, -0.25) is 4.90 Å². The summed E-state index contributed by atoms with van der Waals surface area (Å²) in [5.74, 6) is 0.845. The van der Waals surface area contributed by atoms with Crippen LogP contribution in [0.2, 0.25) is 0 Å². The van der Waals surface area contributed by atoms with Gasteiger partial charge in [0.15, 0.2) is 0 Å². The molecule has 1 heterocycles. The highest BCUT2D eigenvalue weighted by Crippen LogP contribution is 2.06. The van der Waals surface area contributed by atoms with Gasteiger partial charge < -0.3 is 10.2 Å². The van der Waals surface area contributed by atoms with E-state index in [1.807, 2.05) is 0 Å². The molecule has 0 radical (unpaired) electrons. The number of likely N-dealkylation sites (N-methyl/N-ethyl adjacent to an activating group) is 1. The summed E-state index contributed by atoms with van der Waals surface area (Å²) < 4.78 is 0. The molecule has 0 amide bonds. The highest BCUT2D eigenvalue weighted by molar-refractivity contribution is 4.69. The third-order valence-electron chi connectivity index (χ3n) is 3.41. The summed E-state index contributed by atoms with van der Waals surface area (Å²) in [7, 11) is 2.26. The summed E-state index contributed by atoms with van der Waals surface area (Å²) in [6.45, 7) is 13.1. The van der Waals surface area contributed by atoms with Gasteiger partial charge in [-0.2, -0.15) is 0 Å². The lowest BCUT2D eigenvalue weighted by Gasteiger charge is -2.29. The van der Waals surface area contributed by atoms with Crippen molar-refractivity contribution in [2.75, 3.05) is 52.9 Å². The molecular formula is C13H29N3. The molecule has 0 aromatic rings. The Morgan fingerprint density at radius 3 is 2.62 bits per heavy atom. The second-order valence-corrected chi connectivity index (χ2v) is 5.25. The van der Waals surface area contributed by atoms with Gasteiger partial charge in [0.1, 0.15) is 0 Å². The second kappa shape index (κ2) is 8.04. The number of nitrogens with one attached hydrogen (secondary N) is 1. The Morgan fingerprint density at radius 2 is 2.00 bits per heavy atom. The molecule has 0 saturated carbocycles.